The Morgan fingerprint density at radius 1 is 1.33 bits per heavy atom. The second-order valence-corrected chi connectivity index (χ2v) is 7.29. The lowest BCUT2D eigenvalue weighted by Gasteiger charge is -2.35. The number of rotatable bonds is 3. The maximum atomic E-state index is 5.34. The highest BCUT2D eigenvalue weighted by atomic mass is 16.5. The average molecular weight is 290 g/mol. The first-order chi connectivity index (χ1) is 9.90. The van der Waals surface area contributed by atoms with Gasteiger partial charge < -0.3 is 10.1 Å². The normalized spacial score (nSPS) is 24.6. The maximum Gasteiger partial charge on any atom is 0.119 e. The lowest BCUT2D eigenvalue weighted by Crippen LogP contribution is -2.47. The first-order valence-corrected chi connectivity index (χ1v) is 8.00. The molecule has 1 aliphatic rings. The molecule has 0 aliphatic carbocycles. The summed E-state index contributed by atoms with van der Waals surface area (Å²) in [4.78, 5) is 2.60. The summed E-state index contributed by atoms with van der Waals surface area (Å²) in [6.45, 7) is 12.5. The molecule has 1 aromatic rings. The van der Waals surface area contributed by atoms with Crippen LogP contribution in [-0.4, -0.2) is 37.2 Å². The van der Waals surface area contributed by atoms with E-state index in [0.717, 1.165) is 25.4 Å². The number of nitrogens with zero attached hydrogens (tertiary/aromatic N) is 1. The molecule has 118 valence electrons. The van der Waals surface area contributed by atoms with Crippen molar-refractivity contribution in [3.63, 3.8) is 0 Å². The minimum atomic E-state index is 0.288. The van der Waals surface area contributed by atoms with Crippen LogP contribution in [0.4, 0.5) is 0 Å². The largest absolute Gasteiger partial charge is 0.497 e. The lowest BCUT2D eigenvalue weighted by molar-refractivity contribution is 0.157. The maximum absolute atomic E-state index is 5.34. The van der Waals surface area contributed by atoms with E-state index in [-0.39, 0.29) is 5.41 Å². The molecule has 1 N–H and O–H groups in total. The smallest absolute Gasteiger partial charge is 0.119 e. The summed E-state index contributed by atoms with van der Waals surface area (Å²) in [5.74, 6) is 0.945. The van der Waals surface area contributed by atoms with E-state index in [4.69, 9.17) is 4.74 Å². The predicted molar refractivity (Wildman–Crippen MR) is 88.7 cm³/mol. The SMILES string of the molecule is COc1cccc(CN2CC(C(C)(C)C)NCCC2C)c1. The standard InChI is InChI=1S/C18H30N2O/c1-14-9-10-19-17(18(2,3)4)13-20(14)12-15-7-6-8-16(11-15)21-5/h6-8,11,14,17,19H,9-10,12-13H2,1-5H3. The number of hydrogen-bond acceptors (Lipinski definition) is 3. The van der Waals surface area contributed by atoms with E-state index in [1.807, 2.05) is 6.07 Å². The van der Waals surface area contributed by atoms with Crippen molar-refractivity contribution in [1.29, 1.82) is 0 Å². The molecule has 2 atom stereocenters. The summed E-state index contributed by atoms with van der Waals surface area (Å²) in [5.41, 5.74) is 1.62. The van der Waals surface area contributed by atoms with Crippen LogP contribution in [0.25, 0.3) is 0 Å². The fourth-order valence-electron chi connectivity index (χ4n) is 2.93. The third-order valence-corrected chi connectivity index (χ3v) is 4.56. The van der Waals surface area contributed by atoms with Gasteiger partial charge in [-0.2, -0.15) is 0 Å². The summed E-state index contributed by atoms with van der Waals surface area (Å²) >= 11 is 0. The second kappa shape index (κ2) is 6.80. The molecular formula is C18H30N2O. The topological polar surface area (TPSA) is 24.5 Å². The fraction of sp³-hybridized carbons (Fsp3) is 0.667. The van der Waals surface area contributed by atoms with Crippen LogP contribution in [0.5, 0.6) is 5.75 Å². The van der Waals surface area contributed by atoms with Crippen molar-refractivity contribution in [3.8, 4) is 5.75 Å². The molecule has 0 spiro atoms. The van der Waals surface area contributed by atoms with Gasteiger partial charge in [-0.3, -0.25) is 4.90 Å². The third-order valence-electron chi connectivity index (χ3n) is 4.56. The summed E-state index contributed by atoms with van der Waals surface area (Å²) in [6.07, 6.45) is 1.20. The van der Waals surface area contributed by atoms with Crippen molar-refractivity contribution in [2.45, 2.75) is 52.7 Å². The molecule has 1 fully saturated rings. The van der Waals surface area contributed by atoms with Crippen molar-refractivity contribution in [1.82, 2.24) is 10.2 Å². The van der Waals surface area contributed by atoms with Crippen molar-refractivity contribution >= 4 is 0 Å². The van der Waals surface area contributed by atoms with Crippen LogP contribution >= 0.6 is 0 Å². The molecule has 0 amide bonds. The van der Waals surface area contributed by atoms with Crippen LogP contribution in [0.2, 0.25) is 0 Å². The molecule has 0 radical (unpaired) electrons. The molecule has 3 nitrogen and oxygen atoms in total. The van der Waals surface area contributed by atoms with E-state index >= 15 is 0 Å². The third kappa shape index (κ3) is 4.45. The van der Waals surface area contributed by atoms with Gasteiger partial charge in [-0.05, 0) is 43.0 Å². The highest BCUT2D eigenvalue weighted by Gasteiger charge is 2.30. The van der Waals surface area contributed by atoms with E-state index in [1.54, 1.807) is 7.11 Å². The van der Waals surface area contributed by atoms with Gasteiger partial charge in [0.05, 0.1) is 7.11 Å². The zero-order valence-electron chi connectivity index (χ0n) is 14.1. The summed E-state index contributed by atoms with van der Waals surface area (Å²) in [5, 5.41) is 3.72. The number of benzene rings is 1. The minimum absolute atomic E-state index is 0.288. The Labute approximate surface area is 129 Å². The summed E-state index contributed by atoms with van der Waals surface area (Å²) in [7, 11) is 1.73. The van der Waals surface area contributed by atoms with Gasteiger partial charge >= 0.3 is 0 Å². The van der Waals surface area contributed by atoms with Crippen molar-refractivity contribution in [3.05, 3.63) is 29.8 Å². The Kier molecular flexibility index (Phi) is 5.28. The molecule has 2 rings (SSSR count). The Morgan fingerprint density at radius 2 is 2.10 bits per heavy atom. The summed E-state index contributed by atoms with van der Waals surface area (Å²) < 4.78 is 5.34. The molecule has 1 aliphatic heterocycles. The first-order valence-electron chi connectivity index (χ1n) is 8.00. The molecule has 1 heterocycles. The number of ether oxygens (including phenoxy) is 1. The van der Waals surface area contributed by atoms with E-state index in [1.165, 1.54) is 12.0 Å². The molecular weight excluding hydrogens is 260 g/mol. The van der Waals surface area contributed by atoms with Crippen molar-refractivity contribution in [2.24, 2.45) is 5.41 Å². The van der Waals surface area contributed by atoms with E-state index in [2.05, 4.69) is 56.1 Å². The van der Waals surface area contributed by atoms with Crippen LogP contribution in [0.3, 0.4) is 0 Å². The Bertz CT molecular complexity index is 453. The monoisotopic (exact) mass is 290 g/mol. The number of methoxy groups -OCH3 is 1. The molecule has 21 heavy (non-hydrogen) atoms. The van der Waals surface area contributed by atoms with Gasteiger partial charge in [-0.25, -0.2) is 0 Å². The Hall–Kier alpha value is -1.06. The van der Waals surface area contributed by atoms with E-state index in [9.17, 15) is 0 Å². The number of nitrogens with one attached hydrogen (secondary N) is 1. The quantitative estimate of drug-likeness (QED) is 0.924. The average Bonchev–Trinajstić information content (AvgIpc) is 2.61. The molecule has 2 unspecified atom stereocenters. The van der Waals surface area contributed by atoms with Crippen LogP contribution in [0.1, 0.15) is 39.7 Å². The molecule has 1 aromatic carbocycles. The summed E-state index contributed by atoms with van der Waals surface area (Å²) in [6, 6.07) is 9.58. The van der Waals surface area contributed by atoms with Gasteiger partial charge in [0.2, 0.25) is 0 Å². The Balaban J connectivity index is 2.11. The van der Waals surface area contributed by atoms with Gasteiger partial charge in [0.15, 0.2) is 0 Å². The van der Waals surface area contributed by atoms with Gasteiger partial charge in [-0.1, -0.05) is 32.9 Å². The van der Waals surface area contributed by atoms with Crippen molar-refractivity contribution < 1.29 is 4.74 Å². The molecule has 0 aromatic heterocycles. The van der Waals surface area contributed by atoms with Crippen LogP contribution < -0.4 is 10.1 Å². The molecule has 1 saturated heterocycles. The highest BCUT2D eigenvalue weighted by molar-refractivity contribution is 5.28. The lowest BCUT2D eigenvalue weighted by atomic mass is 9.86. The van der Waals surface area contributed by atoms with Gasteiger partial charge in [0, 0.05) is 25.2 Å². The number of hydrogen-bond donors (Lipinski definition) is 1. The van der Waals surface area contributed by atoms with Crippen LogP contribution in [0.15, 0.2) is 24.3 Å². The molecule has 3 heteroatoms. The first kappa shape index (κ1) is 16.3. The van der Waals surface area contributed by atoms with Gasteiger partial charge in [-0.15, -0.1) is 0 Å². The zero-order chi connectivity index (χ0) is 15.5. The zero-order valence-corrected chi connectivity index (χ0v) is 14.1. The fourth-order valence-corrected chi connectivity index (χ4v) is 2.93. The molecule has 0 bridgehead atoms. The van der Waals surface area contributed by atoms with Crippen LogP contribution in [-0.2, 0) is 6.54 Å². The minimum Gasteiger partial charge on any atom is -0.497 e. The van der Waals surface area contributed by atoms with E-state index in [0.29, 0.717) is 12.1 Å². The molecule has 0 saturated carbocycles. The predicted octanol–water partition coefficient (Wildman–Crippen LogP) is 3.29. The highest BCUT2D eigenvalue weighted by Crippen LogP contribution is 2.25. The van der Waals surface area contributed by atoms with Crippen molar-refractivity contribution in [2.75, 3.05) is 20.2 Å². The van der Waals surface area contributed by atoms with Gasteiger partial charge in [0.25, 0.3) is 0 Å². The Morgan fingerprint density at radius 3 is 2.76 bits per heavy atom. The second-order valence-electron chi connectivity index (χ2n) is 7.29. The van der Waals surface area contributed by atoms with Gasteiger partial charge in [0.1, 0.15) is 5.75 Å². The van der Waals surface area contributed by atoms with Crippen LogP contribution in [0, 0.1) is 5.41 Å². The van der Waals surface area contributed by atoms with E-state index < -0.39 is 0 Å².